The quantitative estimate of drug-likeness (QED) is 0.912. The van der Waals surface area contributed by atoms with Crippen LogP contribution in [0.5, 0.6) is 0 Å². The fourth-order valence-electron chi connectivity index (χ4n) is 0.942. The van der Waals surface area contributed by atoms with Gasteiger partial charge in [-0.05, 0) is 41.1 Å². The van der Waals surface area contributed by atoms with Crippen LogP contribution in [0.1, 0.15) is 6.92 Å². The summed E-state index contributed by atoms with van der Waals surface area (Å²) in [6.45, 7) is 2.49. The summed E-state index contributed by atoms with van der Waals surface area (Å²) in [7, 11) is 0. The van der Waals surface area contributed by atoms with Gasteiger partial charge in [-0.15, -0.1) is 0 Å². The van der Waals surface area contributed by atoms with E-state index >= 15 is 0 Å². The standard InChI is InChI=1S/C10H10BrClN2/c1-7(5-13)6-14-10-4-8(12)2-3-9(10)11/h2-4,7,14H,6H2,1H3. The number of halogens is 2. The summed E-state index contributed by atoms with van der Waals surface area (Å²) in [6.07, 6.45) is 0. The van der Waals surface area contributed by atoms with Gasteiger partial charge >= 0.3 is 0 Å². The van der Waals surface area contributed by atoms with Crippen LogP contribution in [0.3, 0.4) is 0 Å². The molecule has 0 spiro atoms. The van der Waals surface area contributed by atoms with Gasteiger partial charge in [0.25, 0.3) is 0 Å². The second-order valence-corrected chi connectivity index (χ2v) is 4.33. The smallest absolute Gasteiger partial charge is 0.0671 e. The van der Waals surface area contributed by atoms with Crippen molar-refractivity contribution in [3.63, 3.8) is 0 Å². The number of benzene rings is 1. The molecule has 4 heteroatoms. The molecule has 0 radical (unpaired) electrons. The van der Waals surface area contributed by atoms with Crippen LogP contribution >= 0.6 is 27.5 Å². The van der Waals surface area contributed by atoms with E-state index in [1.165, 1.54) is 0 Å². The highest BCUT2D eigenvalue weighted by atomic mass is 79.9. The van der Waals surface area contributed by atoms with Gasteiger partial charge in [-0.2, -0.15) is 5.26 Å². The van der Waals surface area contributed by atoms with Crippen LogP contribution in [0.2, 0.25) is 5.02 Å². The van der Waals surface area contributed by atoms with Crippen molar-refractivity contribution in [3.8, 4) is 6.07 Å². The van der Waals surface area contributed by atoms with Gasteiger partial charge in [0.2, 0.25) is 0 Å². The normalized spacial score (nSPS) is 11.9. The molecule has 0 aliphatic carbocycles. The SMILES string of the molecule is CC(C#N)CNc1cc(Cl)ccc1Br. The van der Waals surface area contributed by atoms with Crippen LogP contribution < -0.4 is 5.32 Å². The molecule has 74 valence electrons. The van der Waals surface area contributed by atoms with Crippen molar-refractivity contribution in [1.82, 2.24) is 0 Å². The molecule has 14 heavy (non-hydrogen) atoms. The molecule has 1 N–H and O–H groups in total. The predicted octanol–water partition coefficient (Wildman–Crippen LogP) is 3.67. The maximum Gasteiger partial charge on any atom is 0.0671 e. The third kappa shape index (κ3) is 3.21. The van der Waals surface area contributed by atoms with Crippen LogP contribution in [0.4, 0.5) is 5.69 Å². The fourth-order valence-corrected chi connectivity index (χ4v) is 1.50. The second kappa shape index (κ2) is 5.23. The van der Waals surface area contributed by atoms with E-state index in [1.54, 1.807) is 0 Å². The number of nitrogens with zero attached hydrogens (tertiary/aromatic N) is 1. The van der Waals surface area contributed by atoms with Gasteiger partial charge in [0.15, 0.2) is 0 Å². The Morgan fingerprint density at radius 2 is 2.36 bits per heavy atom. The van der Waals surface area contributed by atoms with Gasteiger partial charge in [0.1, 0.15) is 0 Å². The molecular formula is C10H10BrClN2. The Morgan fingerprint density at radius 1 is 1.64 bits per heavy atom. The molecular weight excluding hydrogens is 263 g/mol. The van der Waals surface area contributed by atoms with E-state index in [1.807, 2.05) is 25.1 Å². The highest BCUT2D eigenvalue weighted by molar-refractivity contribution is 9.10. The number of rotatable bonds is 3. The molecule has 1 atom stereocenters. The van der Waals surface area contributed by atoms with Crippen molar-refractivity contribution in [2.45, 2.75) is 6.92 Å². The van der Waals surface area contributed by atoms with Crippen LogP contribution in [-0.4, -0.2) is 6.54 Å². The number of nitrogens with one attached hydrogen (secondary N) is 1. The second-order valence-electron chi connectivity index (χ2n) is 3.04. The number of anilines is 1. The van der Waals surface area contributed by atoms with E-state index in [-0.39, 0.29) is 5.92 Å². The average molecular weight is 274 g/mol. The van der Waals surface area contributed by atoms with Crippen LogP contribution in [-0.2, 0) is 0 Å². The Hall–Kier alpha value is -0.720. The third-order valence-corrected chi connectivity index (χ3v) is 2.67. The number of nitriles is 1. The first-order valence-corrected chi connectivity index (χ1v) is 5.39. The first kappa shape index (κ1) is 11.4. The van der Waals surface area contributed by atoms with Crippen molar-refractivity contribution >= 4 is 33.2 Å². The van der Waals surface area contributed by atoms with Crippen molar-refractivity contribution in [1.29, 1.82) is 5.26 Å². The monoisotopic (exact) mass is 272 g/mol. The zero-order valence-electron chi connectivity index (χ0n) is 7.72. The van der Waals surface area contributed by atoms with E-state index in [4.69, 9.17) is 16.9 Å². The van der Waals surface area contributed by atoms with Crippen molar-refractivity contribution in [3.05, 3.63) is 27.7 Å². The summed E-state index contributed by atoms with van der Waals surface area (Å²) in [5.41, 5.74) is 0.916. The van der Waals surface area contributed by atoms with Crippen molar-refractivity contribution in [2.75, 3.05) is 11.9 Å². The van der Waals surface area contributed by atoms with E-state index in [9.17, 15) is 0 Å². The molecule has 1 aromatic rings. The maximum atomic E-state index is 8.61. The fraction of sp³-hybridized carbons (Fsp3) is 0.300. The molecule has 0 aromatic heterocycles. The highest BCUT2D eigenvalue weighted by Crippen LogP contribution is 2.25. The zero-order chi connectivity index (χ0) is 10.6. The molecule has 0 saturated carbocycles. The number of hydrogen-bond acceptors (Lipinski definition) is 2. The minimum atomic E-state index is -0.0131. The van der Waals surface area contributed by atoms with E-state index in [0.29, 0.717) is 11.6 Å². The lowest BCUT2D eigenvalue weighted by atomic mass is 10.2. The van der Waals surface area contributed by atoms with E-state index < -0.39 is 0 Å². The first-order valence-electron chi connectivity index (χ1n) is 4.22. The van der Waals surface area contributed by atoms with Crippen molar-refractivity contribution < 1.29 is 0 Å². The third-order valence-electron chi connectivity index (χ3n) is 1.75. The van der Waals surface area contributed by atoms with Crippen LogP contribution in [0.25, 0.3) is 0 Å². The maximum absolute atomic E-state index is 8.61. The molecule has 0 fully saturated rings. The molecule has 2 nitrogen and oxygen atoms in total. The Bertz CT molecular complexity index is 360. The number of hydrogen-bond donors (Lipinski definition) is 1. The van der Waals surface area contributed by atoms with Crippen molar-refractivity contribution in [2.24, 2.45) is 5.92 Å². The van der Waals surface area contributed by atoms with Gasteiger partial charge in [0.05, 0.1) is 12.0 Å². The Labute approximate surface area is 97.0 Å². The van der Waals surface area contributed by atoms with Gasteiger partial charge < -0.3 is 5.32 Å². The highest BCUT2D eigenvalue weighted by Gasteiger charge is 2.02. The molecule has 0 bridgehead atoms. The predicted molar refractivity (Wildman–Crippen MR) is 62.4 cm³/mol. The van der Waals surface area contributed by atoms with Crippen LogP contribution in [0.15, 0.2) is 22.7 Å². The summed E-state index contributed by atoms with van der Waals surface area (Å²) in [4.78, 5) is 0. The molecule has 1 unspecified atom stereocenters. The van der Waals surface area contributed by atoms with Gasteiger partial charge in [-0.25, -0.2) is 0 Å². The van der Waals surface area contributed by atoms with Gasteiger partial charge in [-0.1, -0.05) is 11.6 Å². The lowest BCUT2D eigenvalue weighted by molar-refractivity contribution is 0.786. The summed E-state index contributed by atoms with van der Waals surface area (Å²) in [6, 6.07) is 7.67. The van der Waals surface area contributed by atoms with E-state index in [2.05, 4.69) is 27.3 Å². The minimum absolute atomic E-state index is 0.0131. The summed E-state index contributed by atoms with van der Waals surface area (Å²) in [5, 5.41) is 12.4. The summed E-state index contributed by atoms with van der Waals surface area (Å²) in [5.74, 6) is -0.0131. The Kier molecular flexibility index (Phi) is 4.24. The minimum Gasteiger partial charge on any atom is -0.383 e. The largest absolute Gasteiger partial charge is 0.383 e. The zero-order valence-corrected chi connectivity index (χ0v) is 10.1. The molecule has 1 aromatic carbocycles. The molecule has 0 aliphatic rings. The molecule has 0 amide bonds. The van der Waals surface area contributed by atoms with Gasteiger partial charge in [0, 0.05) is 21.7 Å². The first-order chi connectivity index (χ1) is 6.63. The molecule has 0 saturated heterocycles. The summed E-state index contributed by atoms with van der Waals surface area (Å²) < 4.78 is 0.951. The Morgan fingerprint density at radius 3 is 3.00 bits per heavy atom. The lowest BCUT2D eigenvalue weighted by Gasteiger charge is -2.09. The van der Waals surface area contributed by atoms with E-state index in [0.717, 1.165) is 10.2 Å². The van der Waals surface area contributed by atoms with Crippen LogP contribution in [0, 0.1) is 17.2 Å². The Balaban J connectivity index is 2.67. The lowest BCUT2D eigenvalue weighted by Crippen LogP contribution is -2.09. The average Bonchev–Trinajstić information content (AvgIpc) is 2.19. The molecule has 1 rings (SSSR count). The summed E-state index contributed by atoms with van der Waals surface area (Å²) >= 11 is 9.24. The molecule has 0 aliphatic heterocycles. The molecule has 0 heterocycles. The topological polar surface area (TPSA) is 35.8 Å². The van der Waals surface area contributed by atoms with Gasteiger partial charge in [-0.3, -0.25) is 0 Å².